The van der Waals surface area contributed by atoms with Crippen LogP contribution in [0.25, 0.3) is 0 Å². The molecule has 2 amide bonds. The SMILES string of the molecule is C=C/C=C(\C=C1\CCC(=O)NC1)OC1CN(C(=O)CCc2ccc(Cl)cc2)C1. The van der Waals surface area contributed by atoms with Crippen molar-refractivity contribution in [1.82, 2.24) is 10.2 Å². The third-order valence-corrected chi connectivity index (χ3v) is 5.11. The summed E-state index contributed by atoms with van der Waals surface area (Å²) in [5, 5.41) is 3.54. The van der Waals surface area contributed by atoms with E-state index in [0.29, 0.717) is 43.9 Å². The smallest absolute Gasteiger partial charge is 0.223 e. The highest BCUT2D eigenvalue weighted by atomic mass is 35.5. The van der Waals surface area contributed by atoms with Gasteiger partial charge in [-0.25, -0.2) is 0 Å². The molecule has 3 rings (SSSR count). The van der Waals surface area contributed by atoms with Gasteiger partial charge in [-0.1, -0.05) is 36.4 Å². The Balaban J connectivity index is 1.44. The van der Waals surface area contributed by atoms with Crippen LogP contribution in [0.5, 0.6) is 0 Å². The maximum absolute atomic E-state index is 12.3. The number of nitrogens with zero attached hydrogens (tertiary/aromatic N) is 1. The van der Waals surface area contributed by atoms with Gasteiger partial charge in [-0.3, -0.25) is 9.59 Å². The van der Waals surface area contributed by atoms with Crippen LogP contribution in [0.4, 0.5) is 0 Å². The average molecular weight is 401 g/mol. The summed E-state index contributed by atoms with van der Waals surface area (Å²) in [6.07, 6.45) is 7.88. The van der Waals surface area contributed by atoms with Crippen LogP contribution in [0.1, 0.15) is 24.8 Å². The van der Waals surface area contributed by atoms with Crippen LogP contribution < -0.4 is 5.32 Å². The largest absolute Gasteiger partial charge is 0.487 e. The lowest BCUT2D eigenvalue weighted by Crippen LogP contribution is -2.54. The van der Waals surface area contributed by atoms with Crippen LogP contribution in [0.15, 0.2) is 60.4 Å². The van der Waals surface area contributed by atoms with E-state index < -0.39 is 0 Å². The molecule has 0 bridgehead atoms. The second-order valence-electron chi connectivity index (χ2n) is 7.05. The van der Waals surface area contributed by atoms with Crippen molar-refractivity contribution in [2.45, 2.75) is 31.8 Å². The van der Waals surface area contributed by atoms with Crippen molar-refractivity contribution in [3.05, 3.63) is 71.0 Å². The number of benzene rings is 1. The van der Waals surface area contributed by atoms with Crippen molar-refractivity contribution in [3.8, 4) is 0 Å². The Bertz CT molecular complexity index is 781. The lowest BCUT2D eigenvalue weighted by Gasteiger charge is -2.39. The molecule has 0 atom stereocenters. The second-order valence-corrected chi connectivity index (χ2v) is 7.49. The number of carbonyl (C=O) groups excluding carboxylic acids is 2. The van der Waals surface area contributed by atoms with Crippen molar-refractivity contribution >= 4 is 23.4 Å². The number of nitrogens with one attached hydrogen (secondary N) is 1. The number of piperidine rings is 1. The van der Waals surface area contributed by atoms with Gasteiger partial charge in [0.2, 0.25) is 11.8 Å². The fourth-order valence-corrected chi connectivity index (χ4v) is 3.32. The van der Waals surface area contributed by atoms with Crippen LogP contribution in [-0.4, -0.2) is 42.5 Å². The van der Waals surface area contributed by atoms with Gasteiger partial charge in [-0.15, -0.1) is 0 Å². The van der Waals surface area contributed by atoms with Crippen LogP contribution in [0.3, 0.4) is 0 Å². The van der Waals surface area contributed by atoms with E-state index in [9.17, 15) is 9.59 Å². The van der Waals surface area contributed by atoms with Crippen LogP contribution in [0.2, 0.25) is 5.02 Å². The Kier molecular flexibility index (Phi) is 6.93. The number of amides is 2. The van der Waals surface area contributed by atoms with Gasteiger partial charge in [0.05, 0.1) is 13.1 Å². The van der Waals surface area contributed by atoms with Crippen LogP contribution >= 0.6 is 11.6 Å². The first-order valence-electron chi connectivity index (χ1n) is 9.51. The van der Waals surface area contributed by atoms with Gasteiger partial charge in [0, 0.05) is 24.4 Å². The average Bonchev–Trinajstić information content (AvgIpc) is 2.65. The first-order chi connectivity index (χ1) is 13.5. The van der Waals surface area contributed by atoms with E-state index >= 15 is 0 Å². The first-order valence-corrected chi connectivity index (χ1v) is 9.89. The third kappa shape index (κ3) is 5.73. The fourth-order valence-electron chi connectivity index (χ4n) is 3.19. The van der Waals surface area contributed by atoms with E-state index in [1.165, 1.54) is 0 Å². The van der Waals surface area contributed by atoms with Crippen molar-refractivity contribution in [1.29, 1.82) is 0 Å². The molecule has 2 aliphatic rings. The Morgan fingerprint density at radius 1 is 1.29 bits per heavy atom. The predicted octanol–water partition coefficient (Wildman–Crippen LogP) is 3.41. The number of allylic oxidation sites excluding steroid dienone is 3. The molecule has 2 fully saturated rings. The highest BCUT2D eigenvalue weighted by Crippen LogP contribution is 2.20. The maximum atomic E-state index is 12.3. The molecule has 0 saturated carbocycles. The quantitative estimate of drug-likeness (QED) is 0.563. The molecule has 1 N–H and O–H groups in total. The molecule has 5 nitrogen and oxygen atoms in total. The summed E-state index contributed by atoms with van der Waals surface area (Å²) in [5.74, 6) is 0.941. The van der Waals surface area contributed by atoms with Gasteiger partial charge in [-0.05, 0) is 48.3 Å². The number of aryl methyl sites for hydroxylation is 1. The number of carbonyl (C=O) groups is 2. The molecule has 148 valence electrons. The molecule has 0 radical (unpaired) electrons. The van der Waals surface area contributed by atoms with Crippen molar-refractivity contribution < 1.29 is 14.3 Å². The highest BCUT2D eigenvalue weighted by Gasteiger charge is 2.32. The zero-order valence-electron chi connectivity index (χ0n) is 15.8. The zero-order chi connectivity index (χ0) is 19.9. The fraction of sp³-hybridized carbons (Fsp3) is 0.364. The van der Waals surface area contributed by atoms with E-state index in [2.05, 4.69) is 11.9 Å². The molecule has 2 heterocycles. The normalized spacial score (nSPS) is 19.2. The Morgan fingerprint density at radius 2 is 2.04 bits per heavy atom. The second kappa shape index (κ2) is 9.60. The maximum Gasteiger partial charge on any atom is 0.223 e. The minimum absolute atomic E-state index is 0.0132. The molecule has 6 heteroatoms. The number of halogens is 1. The summed E-state index contributed by atoms with van der Waals surface area (Å²) < 4.78 is 6.00. The Hall–Kier alpha value is -2.53. The number of rotatable bonds is 7. The molecular weight excluding hydrogens is 376 g/mol. The summed E-state index contributed by atoms with van der Waals surface area (Å²) in [5.41, 5.74) is 2.23. The molecule has 0 aromatic heterocycles. The van der Waals surface area contributed by atoms with Crippen LogP contribution in [0, 0.1) is 0 Å². The Morgan fingerprint density at radius 3 is 2.68 bits per heavy atom. The zero-order valence-corrected chi connectivity index (χ0v) is 16.6. The lowest BCUT2D eigenvalue weighted by molar-refractivity contribution is -0.142. The third-order valence-electron chi connectivity index (χ3n) is 4.86. The molecule has 0 unspecified atom stereocenters. The molecular formula is C22H25ClN2O3. The molecule has 0 spiro atoms. The van der Waals surface area contributed by atoms with E-state index in [4.69, 9.17) is 16.3 Å². The Labute approximate surface area is 170 Å². The summed E-state index contributed by atoms with van der Waals surface area (Å²) in [6, 6.07) is 7.58. The van der Waals surface area contributed by atoms with E-state index in [1.54, 1.807) is 6.08 Å². The van der Waals surface area contributed by atoms with E-state index in [-0.39, 0.29) is 17.9 Å². The van der Waals surface area contributed by atoms with Crippen molar-refractivity contribution in [3.63, 3.8) is 0 Å². The van der Waals surface area contributed by atoms with Gasteiger partial charge < -0.3 is 15.0 Å². The standard InChI is InChI=1S/C22H25ClN2O3/c1-2-3-19(12-17-6-10-21(26)24-13-17)28-20-14-25(15-20)22(27)11-7-16-4-8-18(23)9-5-16/h2-5,8-9,12,20H,1,6-7,10-11,13-15H2,(H,24,26)/b17-12-,19-3+. The van der Waals surface area contributed by atoms with Gasteiger partial charge in [0.15, 0.2) is 0 Å². The topological polar surface area (TPSA) is 58.6 Å². The molecule has 2 aliphatic heterocycles. The molecule has 0 aliphatic carbocycles. The first kappa shape index (κ1) is 20.2. The van der Waals surface area contributed by atoms with Crippen molar-refractivity contribution in [2.75, 3.05) is 19.6 Å². The molecule has 1 aromatic carbocycles. The van der Waals surface area contributed by atoms with Gasteiger partial charge >= 0.3 is 0 Å². The molecule has 2 saturated heterocycles. The minimum Gasteiger partial charge on any atom is -0.487 e. The number of likely N-dealkylation sites (tertiary alicyclic amines) is 1. The van der Waals surface area contributed by atoms with Gasteiger partial charge in [0.25, 0.3) is 0 Å². The van der Waals surface area contributed by atoms with Crippen LogP contribution in [-0.2, 0) is 20.7 Å². The summed E-state index contributed by atoms with van der Waals surface area (Å²) in [7, 11) is 0. The number of ether oxygens (including phenoxy) is 1. The predicted molar refractivity (Wildman–Crippen MR) is 110 cm³/mol. The summed E-state index contributed by atoms with van der Waals surface area (Å²) in [4.78, 5) is 25.4. The van der Waals surface area contributed by atoms with Gasteiger partial charge in [0.1, 0.15) is 11.9 Å². The lowest BCUT2D eigenvalue weighted by atomic mass is 10.0. The van der Waals surface area contributed by atoms with Gasteiger partial charge in [-0.2, -0.15) is 0 Å². The molecule has 28 heavy (non-hydrogen) atoms. The summed E-state index contributed by atoms with van der Waals surface area (Å²) >= 11 is 5.88. The number of hydrogen-bond donors (Lipinski definition) is 1. The summed E-state index contributed by atoms with van der Waals surface area (Å²) in [6.45, 7) is 5.46. The van der Waals surface area contributed by atoms with E-state index in [1.807, 2.05) is 41.3 Å². The number of hydrogen-bond acceptors (Lipinski definition) is 3. The monoisotopic (exact) mass is 400 g/mol. The minimum atomic E-state index is -0.0132. The molecule has 1 aromatic rings. The highest BCUT2D eigenvalue weighted by molar-refractivity contribution is 6.30. The van der Waals surface area contributed by atoms with E-state index in [0.717, 1.165) is 23.3 Å². The van der Waals surface area contributed by atoms with Crippen molar-refractivity contribution in [2.24, 2.45) is 0 Å².